The van der Waals surface area contributed by atoms with Gasteiger partial charge in [0, 0.05) is 18.8 Å². The second kappa shape index (κ2) is 4.45. The van der Waals surface area contributed by atoms with E-state index in [1.807, 2.05) is 13.0 Å². The van der Waals surface area contributed by atoms with E-state index in [4.69, 9.17) is 4.74 Å². The van der Waals surface area contributed by atoms with Crippen molar-refractivity contribution in [2.45, 2.75) is 6.92 Å². The highest BCUT2D eigenvalue weighted by Crippen LogP contribution is 2.16. The first-order chi connectivity index (χ1) is 7.31. The van der Waals surface area contributed by atoms with Crippen molar-refractivity contribution in [2.75, 3.05) is 31.2 Å². The van der Waals surface area contributed by atoms with E-state index >= 15 is 0 Å². The highest BCUT2D eigenvalue weighted by Gasteiger charge is 2.12. The SMILES string of the molecule is C=Cc1ccc(N2CCOCC2)nc1C. The first-order valence-electron chi connectivity index (χ1n) is 5.24. The number of pyridine rings is 1. The van der Waals surface area contributed by atoms with Crippen molar-refractivity contribution in [2.24, 2.45) is 0 Å². The number of aryl methyl sites for hydroxylation is 1. The van der Waals surface area contributed by atoms with Gasteiger partial charge in [0.2, 0.25) is 0 Å². The fraction of sp³-hybridized carbons (Fsp3) is 0.417. The van der Waals surface area contributed by atoms with Crippen LogP contribution in [-0.4, -0.2) is 31.3 Å². The van der Waals surface area contributed by atoms with Crippen LogP contribution >= 0.6 is 0 Å². The molecule has 0 aromatic carbocycles. The molecule has 1 fully saturated rings. The van der Waals surface area contributed by atoms with E-state index in [-0.39, 0.29) is 0 Å². The molecule has 0 aliphatic carbocycles. The van der Waals surface area contributed by atoms with Crippen LogP contribution in [-0.2, 0) is 4.74 Å². The number of aromatic nitrogens is 1. The maximum atomic E-state index is 5.31. The Bertz CT molecular complexity index is 357. The quantitative estimate of drug-likeness (QED) is 0.735. The van der Waals surface area contributed by atoms with Gasteiger partial charge in [0.1, 0.15) is 5.82 Å². The second-order valence-electron chi connectivity index (χ2n) is 3.65. The Morgan fingerprint density at radius 3 is 2.73 bits per heavy atom. The number of morpholine rings is 1. The van der Waals surface area contributed by atoms with Crippen LogP contribution in [0.1, 0.15) is 11.3 Å². The fourth-order valence-corrected chi connectivity index (χ4v) is 1.74. The Labute approximate surface area is 90.4 Å². The maximum Gasteiger partial charge on any atom is 0.128 e. The number of nitrogens with zero attached hydrogens (tertiary/aromatic N) is 2. The zero-order chi connectivity index (χ0) is 10.7. The van der Waals surface area contributed by atoms with E-state index in [0.29, 0.717) is 0 Å². The summed E-state index contributed by atoms with van der Waals surface area (Å²) in [7, 11) is 0. The van der Waals surface area contributed by atoms with Gasteiger partial charge in [0.25, 0.3) is 0 Å². The highest BCUT2D eigenvalue weighted by atomic mass is 16.5. The van der Waals surface area contributed by atoms with Crippen molar-refractivity contribution >= 4 is 11.9 Å². The van der Waals surface area contributed by atoms with E-state index in [0.717, 1.165) is 43.4 Å². The van der Waals surface area contributed by atoms with Crippen molar-refractivity contribution in [3.05, 3.63) is 30.0 Å². The largest absolute Gasteiger partial charge is 0.378 e. The number of hydrogen-bond acceptors (Lipinski definition) is 3. The average molecular weight is 204 g/mol. The van der Waals surface area contributed by atoms with Gasteiger partial charge in [-0.1, -0.05) is 12.7 Å². The third-order valence-corrected chi connectivity index (χ3v) is 2.67. The molecule has 0 bridgehead atoms. The molecule has 3 nitrogen and oxygen atoms in total. The van der Waals surface area contributed by atoms with Gasteiger partial charge < -0.3 is 9.64 Å². The Morgan fingerprint density at radius 2 is 2.13 bits per heavy atom. The van der Waals surface area contributed by atoms with Crippen molar-refractivity contribution in [3.8, 4) is 0 Å². The summed E-state index contributed by atoms with van der Waals surface area (Å²) in [5.74, 6) is 1.04. The Hall–Kier alpha value is -1.35. The molecular weight excluding hydrogens is 188 g/mol. The molecule has 3 heteroatoms. The number of ether oxygens (including phenoxy) is 1. The van der Waals surface area contributed by atoms with Gasteiger partial charge in [-0.2, -0.15) is 0 Å². The molecule has 2 rings (SSSR count). The van der Waals surface area contributed by atoms with E-state index in [9.17, 15) is 0 Å². The highest BCUT2D eigenvalue weighted by molar-refractivity contribution is 5.53. The minimum absolute atomic E-state index is 0.796. The number of hydrogen-bond donors (Lipinski definition) is 0. The van der Waals surface area contributed by atoms with Crippen LogP contribution in [0.4, 0.5) is 5.82 Å². The summed E-state index contributed by atoms with van der Waals surface area (Å²) < 4.78 is 5.31. The molecule has 1 saturated heterocycles. The average Bonchev–Trinajstić information content (AvgIpc) is 2.30. The number of rotatable bonds is 2. The van der Waals surface area contributed by atoms with Gasteiger partial charge in [-0.25, -0.2) is 4.98 Å². The summed E-state index contributed by atoms with van der Waals surface area (Å²) in [5.41, 5.74) is 2.14. The summed E-state index contributed by atoms with van der Waals surface area (Å²) in [4.78, 5) is 6.82. The van der Waals surface area contributed by atoms with Crippen molar-refractivity contribution in [1.29, 1.82) is 0 Å². The number of anilines is 1. The minimum Gasteiger partial charge on any atom is -0.378 e. The molecule has 0 saturated carbocycles. The van der Waals surface area contributed by atoms with Crippen LogP contribution in [0.3, 0.4) is 0 Å². The Balaban J connectivity index is 2.21. The third kappa shape index (κ3) is 2.18. The lowest BCUT2D eigenvalue weighted by Gasteiger charge is -2.28. The normalized spacial score (nSPS) is 16.5. The smallest absolute Gasteiger partial charge is 0.128 e. The van der Waals surface area contributed by atoms with E-state index in [1.54, 1.807) is 0 Å². The van der Waals surface area contributed by atoms with Gasteiger partial charge >= 0.3 is 0 Å². The molecule has 15 heavy (non-hydrogen) atoms. The van der Waals surface area contributed by atoms with E-state index < -0.39 is 0 Å². The Kier molecular flexibility index (Phi) is 3.02. The fourth-order valence-electron chi connectivity index (χ4n) is 1.74. The molecule has 0 N–H and O–H groups in total. The maximum absolute atomic E-state index is 5.31. The molecule has 0 spiro atoms. The van der Waals surface area contributed by atoms with E-state index in [1.165, 1.54) is 0 Å². The summed E-state index contributed by atoms with van der Waals surface area (Å²) in [6.45, 7) is 9.23. The van der Waals surface area contributed by atoms with E-state index in [2.05, 4.69) is 28.6 Å². The predicted octanol–water partition coefficient (Wildman–Crippen LogP) is 1.87. The zero-order valence-electron chi connectivity index (χ0n) is 9.07. The topological polar surface area (TPSA) is 25.4 Å². The summed E-state index contributed by atoms with van der Waals surface area (Å²) in [6, 6.07) is 4.12. The van der Waals surface area contributed by atoms with Crippen LogP contribution in [0.15, 0.2) is 18.7 Å². The van der Waals surface area contributed by atoms with Crippen LogP contribution < -0.4 is 4.90 Å². The molecule has 2 heterocycles. The second-order valence-corrected chi connectivity index (χ2v) is 3.65. The molecule has 1 aliphatic rings. The van der Waals surface area contributed by atoms with Crippen LogP contribution in [0.2, 0.25) is 0 Å². The molecule has 1 aromatic heterocycles. The molecule has 0 radical (unpaired) electrons. The van der Waals surface area contributed by atoms with Crippen LogP contribution in [0, 0.1) is 6.92 Å². The molecule has 80 valence electrons. The molecular formula is C12H16N2O. The predicted molar refractivity (Wildman–Crippen MR) is 62.1 cm³/mol. The van der Waals surface area contributed by atoms with Gasteiger partial charge in [0.15, 0.2) is 0 Å². The van der Waals surface area contributed by atoms with Crippen LogP contribution in [0.25, 0.3) is 6.08 Å². The van der Waals surface area contributed by atoms with Gasteiger partial charge in [0.05, 0.1) is 13.2 Å². The lowest BCUT2D eigenvalue weighted by Crippen LogP contribution is -2.36. The van der Waals surface area contributed by atoms with Crippen molar-refractivity contribution in [1.82, 2.24) is 4.98 Å². The Morgan fingerprint density at radius 1 is 1.40 bits per heavy atom. The molecule has 0 unspecified atom stereocenters. The van der Waals surface area contributed by atoms with Gasteiger partial charge in [-0.3, -0.25) is 0 Å². The van der Waals surface area contributed by atoms with Crippen molar-refractivity contribution in [3.63, 3.8) is 0 Å². The monoisotopic (exact) mass is 204 g/mol. The summed E-state index contributed by atoms with van der Waals surface area (Å²) >= 11 is 0. The lowest BCUT2D eigenvalue weighted by atomic mass is 10.2. The molecule has 1 aliphatic heterocycles. The van der Waals surface area contributed by atoms with Gasteiger partial charge in [-0.05, 0) is 24.6 Å². The lowest BCUT2D eigenvalue weighted by molar-refractivity contribution is 0.122. The van der Waals surface area contributed by atoms with Crippen LogP contribution in [0.5, 0.6) is 0 Å². The minimum atomic E-state index is 0.796. The first kappa shape index (κ1) is 10.2. The standard InChI is InChI=1S/C12H16N2O/c1-3-11-4-5-12(13-10(11)2)14-6-8-15-9-7-14/h3-5H,1,6-9H2,2H3. The van der Waals surface area contributed by atoms with Gasteiger partial charge in [-0.15, -0.1) is 0 Å². The summed E-state index contributed by atoms with van der Waals surface area (Å²) in [6.07, 6.45) is 1.84. The molecule has 1 aromatic rings. The first-order valence-corrected chi connectivity index (χ1v) is 5.24. The summed E-state index contributed by atoms with van der Waals surface area (Å²) in [5, 5.41) is 0. The zero-order valence-corrected chi connectivity index (χ0v) is 9.07. The molecule has 0 amide bonds. The molecule has 0 atom stereocenters. The van der Waals surface area contributed by atoms with Crippen molar-refractivity contribution < 1.29 is 4.74 Å². The third-order valence-electron chi connectivity index (χ3n) is 2.67.